The summed E-state index contributed by atoms with van der Waals surface area (Å²) < 4.78 is 1.78. The summed E-state index contributed by atoms with van der Waals surface area (Å²) in [6.07, 6.45) is 3.63. The lowest BCUT2D eigenvalue weighted by Gasteiger charge is -2.37. The lowest BCUT2D eigenvalue weighted by atomic mass is 9.89. The Kier molecular flexibility index (Phi) is 1.45. The molecule has 4 nitrogen and oxygen atoms in total. The normalized spacial score (nSPS) is 19.5. The first kappa shape index (κ1) is 7.96. The quantitative estimate of drug-likeness (QED) is 0.670. The van der Waals surface area contributed by atoms with Crippen LogP contribution in [0.25, 0.3) is 5.52 Å². The van der Waals surface area contributed by atoms with E-state index in [0.29, 0.717) is 13.1 Å². The zero-order chi connectivity index (χ0) is 9.60. The fourth-order valence-corrected chi connectivity index (χ4v) is 1.85. The van der Waals surface area contributed by atoms with Crippen molar-refractivity contribution in [3.63, 3.8) is 0 Å². The summed E-state index contributed by atoms with van der Waals surface area (Å²) in [6.45, 7) is 1.23. The summed E-state index contributed by atoms with van der Waals surface area (Å²) in [5, 5.41) is 17.4. The van der Waals surface area contributed by atoms with Gasteiger partial charge in [0, 0.05) is 24.8 Å². The average molecular weight is 189 g/mol. The Labute approximate surface area is 81.2 Å². The lowest BCUT2D eigenvalue weighted by Crippen LogP contribution is -2.56. The van der Waals surface area contributed by atoms with Gasteiger partial charge in [0.05, 0.1) is 11.7 Å². The van der Waals surface area contributed by atoms with Crippen LogP contribution in [0.1, 0.15) is 5.56 Å². The second-order valence-corrected chi connectivity index (χ2v) is 3.72. The summed E-state index contributed by atoms with van der Waals surface area (Å²) >= 11 is 0. The van der Waals surface area contributed by atoms with Gasteiger partial charge in [-0.1, -0.05) is 6.07 Å². The van der Waals surface area contributed by atoms with Gasteiger partial charge in [-0.15, -0.1) is 0 Å². The number of fused-ring (bicyclic) bond motifs is 1. The van der Waals surface area contributed by atoms with Crippen molar-refractivity contribution in [1.29, 1.82) is 0 Å². The van der Waals surface area contributed by atoms with Gasteiger partial charge in [0.15, 0.2) is 0 Å². The molecule has 0 aromatic carbocycles. The van der Waals surface area contributed by atoms with Gasteiger partial charge >= 0.3 is 0 Å². The van der Waals surface area contributed by atoms with Gasteiger partial charge in [-0.2, -0.15) is 5.10 Å². The molecule has 2 aromatic rings. The molecule has 72 valence electrons. The van der Waals surface area contributed by atoms with E-state index in [1.165, 1.54) is 0 Å². The predicted molar refractivity (Wildman–Crippen MR) is 52.0 cm³/mol. The van der Waals surface area contributed by atoms with Crippen LogP contribution in [0.4, 0.5) is 0 Å². The van der Waals surface area contributed by atoms with Crippen molar-refractivity contribution in [2.75, 3.05) is 13.1 Å². The van der Waals surface area contributed by atoms with Gasteiger partial charge in [-0.3, -0.25) is 0 Å². The second-order valence-electron chi connectivity index (χ2n) is 3.72. The van der Waals surface area contributed by atoms with Gasteiger partial charge in [0.25, 0.3) is 0 Å². The summed E-state index contributed by atoms with van der Waals surface area (Å²) in [4.78, 5) is 0. The van der Waals surface area contributed by atoms with E-state index in [2.05, 4.69) is 10.4 Å². The van der Waals surface area contributed by atoms with E-state index in [1.807, 2.05) is 24.4 Å². The predicted octanol–water partition coefficient (Wildman–Crippen LogP) is 0.125. The van der Waals surface area contributed by atoms with Crippen molar-refractivity contribution in [3.8, 4) is 0 Å². The molecule has 4 heteroatoms. The minimum absolute atomic E-state index is 0.614. The highest BCUT2D eigenvalue weighted by Crippen LogP contribution is 2.28. The number of rotatable bonds is 1. The van der Waals surface area contributed by atoms with Crippen LogP contribution >= 0.6 is 0 Å². The van der Waals surface area contributed by atoms with Gasteiger partial charge in [-0.05, 0) is 12.1 Å². The maximum absolute atomic E-state index is 10.2. The number of hydrogen-bond donors (Lipinski definition) is 2. The number of hydrogen-bond acceptors (Lipinski definition) is 3. The zero-order valence-corrected chi connectivity index (χ0v) is 7.64. The highest BCUT2D eigenvalue weighted by molar-refractivity contribution is 5.56. The Balaban J connectivity index is 2.22. The Bertz CT molecular complexity index is 473. The molecule has 14 heavy (non-hydrogen) atoms. The molecule has 0 bridgehead atoms. The molecule has 1 fully saturated rings. The van der Waals surface area contributed by atoms with Crippen LogP contribution in [0.3, 0.4) is 0 Å². The van der Waals surface area contributed by atoms with Crippen molar-refractivity contribution >= 4 is 5.52 Å². The third-order valence-electron chi connectivity index (χ3n) is 2.76. The maximum Gasteiger partial charge on any atom is 0.118 e. The number of pyridine rings is 1. The van der Waals surface area contributed by atoms with Crippen LogP contribution in [0, 0.1) is 0 Å². The van der Waals surface area contributed by atoms with Gasteiger partial charge in [-0.25, -0.2) is 4.52 Å². The topological polar surface area (TPSA) is 49.6 Å². The first-order chi connectivity index (χ1) is 6.80. The summed E-state index contributed by atoms with van der Waals surface area (Å²) in [6, 6.07) is 5.85. The molecule has 1 aliphatic rings. The van der Waals surface area contributed by atoms with E-state index in [9.17, 15) is 5.11 Å². The van der Waals surface area contributed by atoms with Crippen LogP contribution in [0.5, 0.6) is 0 Å². The largest absolute Gasteiger partial charge is 0.382 e. The summed E-state index contributed by atoms with van der Waals surface area (Å²) in [7, 11) is 0. The van der Waals surface area contributed by atoms with E-state index < -0.39 is 5.60 Å². The van der Waals surface area contributed by atoms with Crippen molar-refractivity contribution in [3.05, 3.63) is 36.2 Å². The first-order valence-corrected chi connectivity index (χ1v) is 4.66. The van der Waals surface area contributed by atoms with E-state index in [0.717, 1.165) is 11.1 Å². The van der Waals surface area contributed by atoms with Crippen LogP contribution in [-0.2, 0) is 5.60 Å². The molecule has 0 spiro atoms. The Morgan fingerprint density at radius 3 is 3.00 bits per heavy atom. The van der Waals surface area contributed by atoms with Crippen molar-refractivity contribution in [2.24, 2.45) is 0 Å². The smallest absolute Gasteiger partial charge is 0.118 e. The Morgan fingerprint density at radius 1 is 1.43 bits per heavy atom. The fourth-order valence-electron chi connectivity index (χ4n) is 1.85. The SMILES string of the molecule is OC1(c2cnn3ccccc23)CNC1. The molecule has 1 saturated heterocycles. The second kappa shape index (κ2) is 2.56. The molecule has 0 aliphatic carbocycles. The highest BCUT2D eigenvalue weighted by Gasteiger charge is 2.38. The van der Waals surface area contributed by atoms with Crippen LogP contribution in [-0.4, -0.2) is 27.8 Å². The molecule has 2 aromatic heterocycles. The van der Waals surface area contributed by atoms with E-state index in [4.69, 9.17) is 0 Å². The molecule has 0 atom stereocenters. The zero-order valence-electron chi connectivity index (χ0n) is 7.64. The van der Waals surface area contributed by atoms with Crippen molar-refractivity contribution < 1.29 is 5.11 Å². The maximum atomic E-state index is 10.2. The van der Waals surface area contributed by atoms with Crippen molar-refractivity contribution in [1.82, 2.24) is 14.9 Å². The minimum atomic E-state index is -0.719. The Morgan fingerprint density at radius 2 is 2.29 bits per heavy atom. The van der Waals surface area contributed by atoms with Gasteiger partial charge < -0.3 is 10.4 Å². The molecular formula is C10H11N3O. The number of aliphatic hydroxyl groups is 1. The lowest BCUT2D eigenvalue weighted by molar-refractivity contribution is -0.0133. The third kappa shape index (κ3) is 0.921. The van der Waals surface area contributed by atoms with Crippen LogP contribution in [0.2, 0.25) is 0 Å². The standard InChI is InChI=1S/C10H11N3O/c14-10(6-11-7-10)8-5-12-13-4-2-1-3-9(8)13/h1-5,11,14H,6-7H2. The number of aromatic nitrogens is 2. The summed E-state index contributed by atoms with van der Waals surface area (Å²) in [5.41, 5.74) is 1.18. The number of nitrogens with zero attached hydrogens (tertiary/aromatic N) is 2. The fraction of sp³-hybridized carbons (Fsp3) is 0.300. The average Bonchev–Trinajstić information content (AvgIpc) is 2.58. The molecule has 3 heterocycles. The van der Waals surface area contributed by atoms with Crippen LogP contribution < -0.4 is 5.32 Å². The molecule has 2 N–H and O–H groups in total. The first-order valence-electron chi connectivity index (χ1n) is 4.66. The van der Waals surface area contributed by atoms with E-state index in [-0.39, 0.29) is 0 Å². The van der Waals surface area contributed by atoms with Crippen molar-refractivity contribution in [2.45, 2.75) is 5.60 Å². The van der Waals surface area contributed by atoms with E-state index in [1.54, 1.807) is 10.7 Å². The number of β-amino-alcohol motifs (C(OH)–C–C–N with tert-alkyl or cyclic N) is 1. The molecule has 0 unspecified atom stereocenters. The molecular weight excluding hydrogens is 178 g/mol. The molecule has 3 rings (SSSR count). The molecule has 0 radical (unpaired) electrons. The molecule has 0 saturated carbocycles. The monoisotopic (exact) mass is 189 g/mol. The minimum Gasteiger partial charge on any atom is -0.382 e. The van der Waals surface area contributed by atoms with Crippen LogP contribution in [0.15, 0.2) is 30.6 Å². The highest BCUT2D eigenvalue weighted by atomic mass is 16.3. The van der Waals surface area contributed by atoms with E-state index >= 15 is 0 Å². The third-order valence-corrected chi connectivity index (χ3v) is 2.76. The van der Waals surface area contributed by atoms with Gasteiger partial charge in [0.2, 0.25) is 0 Å². The number of nitrogens with one attached hydrogen (secondary N) is 1. The molecule has 0 amide bonds. The summed E-state index contributed by atoms with van der Waals surface area (Å²) in [5.74, 6) is 0. The molecule has 1 aliphatic heterocycles. The van der Waals surface area contributed by atoms with Gasteiger partial charge in [0.1, 0.15) is 5.60 Å². The Hall–Kier alpha value is -1.39.